The Hall–Kier alpha value is -1.90. The Balaban J connectivity index is 0.000000162. The standard InChI is InChI=1S/C7H10N2.C5H5N/c1-5-3-6(2)9-7(8)4-5;1-2-4-6-5-3-1/h3-4H,1-2H3,(H2,8,9);1-5H. The molecule has 2 N–H and O–H groups in total. The van der Waals surface area contributed by atoms with Crippen LogP contribution in [-0.2, 0) is 0 Å². The average molecular weight is 201 g/mol. The zero-order valence-corrected chi connectivity index (χ0v) is 9.01. The number of hydrogen-bond donors (Lipinski definition) is 1. The highest BCUT2D eigenvalue weighted by Gasteiger charge is 1.89. The summed E-state index contributed by atoms with van der Waals surface area (Å²) in [7, 11) is 0. The van der Waals surface area contributed by atoms with Crippen molar-refractivity contribution in [2.24, 2.45) is 0 Å². The number of rotatable bonds is 0. The van der Waals surface area contributed by atoms with Crippen molar-refractivity contribution in [1.82, 2.24) is 9.97 Å². The van der Waals surface area contributed by atoms with Crippen LogP contribution in [0, 0.1) is 13.8 Å². The van der Waals surface area contributed by atoms with E-state index >= 15 is 0 Å². The molecule has 78 valence electrons. The van der Waals surface area contributed by atoms with E-state index in [2.05, 4.69) is 9.97 Å². The minimum absolute atomic E-state index is 0.604. The summed E-state index contributed by atoms with van der Waals surface area (Å²) >= 11 is 0. The molecule has 2 aromatic heterocycles. The van der Waals surface area contributed by atoms with E-state index in [1.165, 1.54) is 5.56 Å². The maximum Gasteiger partial charge on any atom is 0.123 e. The van der Waals surface area contributed by atoms with Crippen LogP contribution in [0.4, 0.5) is 5.82 Å². The molecule has 0 saturated carbocycles. The number of nitrogens with two attached hydrogens (primary N) is 1. The highest BCUT2D eigenvalue weighted by Crippen LogP contribution is 2.03. The molecule has 0 unspecified atom stereocenters. The van der Waals surface area contributed by atoms with Crippen molar-refractivity contribution < 1.29 is 0 Å². The van der Waals surface area contributed by atoms with Gasteiger partial charge in [-0.25, -0.2) is 4.98 Å². The summed E-state index contributed by atoms with van der Waals surface area (Å²) in [6, 6.07) is 9.57. The van der Waals surface area contributed by atoms with Crippen LogP contribution in [0.25, 0.3) is 0 Å². The monoisotopic (exact) mass is 201 g/mol. The second-order valence-electron chi connectivity index (χ2n) is 3.24. The summed E-state index contributed by atoms with van der Waals surface area (Å²) in [4.78, 5) is 7.80. The van der Waals surface area contributed by atoms with Gasteiger partial charge in [0.1, 0.15) is 5.82 Å². The molecule has 2 rings (SSSR count). The molecular weight excluding hydrogens is 186 g/mol. The Morgan fingerprint density at radius 2 is 1.67 bits per heavy atom. The van der Waals surface area contributed by atoms with Gasteiger partial charge in [-0.15, -0.1) is 0 Å². The van der Waals surface area contributed by atoms with Crippen LogP contribution in [-0.4, -0.2) is 9.97 Å². The van der Waals surface area contributed by atoms with Gasteiger partial charge >= 0.3 is 0 Å². The molecule has 15 heavy (non-hydrogen) atoms. The van der Waals surface area contributed by atoms with Gasteiger partial charge in [0, 0.05) is 18.1 Å². The lowest BCUT2D eigenvalue weighted by molar-refractivity contribution is 1.19. The van der Waals surface area contributed by atoms with Crippen LogP contribution in [0.5, 0.6) is 0 Å². The van der Waals surface area contributed by atoms with Gasteiger partial charge in [0.25, 0.3) is 0 Å². The highest BCUT2D eigenvalue weighted by molar-refractivity contribution is 5.33. The quantitative estimate of drug-likeness (QED) is 0.711. The normalized spacial score (nSPS) is 8.93. The number of nitrogen functional groups attached to an aromatic ring is 1. The molecule has 0 aliphatic carbocycles. The molecule has 3 nitrogen and oxygen atoms in total. The lowest BCUT2D eigenvalue weighted by atomic mass is 10.2. The molecule has 0 amide bonds. The smallest absolute Gasteiger partial charge is 0.123 e. The average Bonchev–Trinajstić information content (AvgIpc) is 2.19. The first kappa shape index (κ1) is 11.2. The number of aryl methyl sites for hydroxylation is 2. The maximum absolute atomic E-state index is 5.45. The number of nitrogens with zero attached hydrogens (tertiary/aromatic N) is 2. The van der Waals surface area contributed by atoms with E-state index < -0.39 is 0 Å². The van der Waals surface area contributed by atoms with Crippen molar-refractivity contribution in [2.45, 2.75) is 13.8 Å². The minimum atomic E-state index is 0.604. The molecule has 0 saturated heterocycles. The summed E-state index contributed by atoms with van der Waals surface area (Å²) < 4.78 is 0. The number of anilines is 1. The van der Waals surface area contributed by atoms with E-state index in [-0.39, 0.29) is 0 Å². The summed E-state index contributed by atoms with van der Waals surface area (Å²) in [5.41, 5.74) is 7.59. The molecular formula is C12H15N3. The lowest BCUT2D eigenvalue weighted by Gasteiger charge is -1.96. The third-order valence-electron chi connectivity index (χ3n) is 1.68. The highest BCUT2D eigenvalue weighted by atomic mass is 14.8. The van der Waals surface area contributed by atoms with E-state index in [1.54, 1.807) is 12.4 Å². The van der Waals surface area contributed by atoms with Crippen LogP contribution in [0.3, 0.4) is 0 Å². The fourth-order valence-corrected chi connectivity index (χ4v) is 1.19. The first-order valence-electron chi connectivity index (χ1n) is 4.74. The van der Waals surface area contributed by atoms with E-state index in [1.807, 2.05) is 44.2 Å². The van der Waals surface area contributed by atoms with Gasteiger partial charge in [0.05, 0.1) is 0 Å². The Morgan fingerprint density at radius 1 is 1.00 bits per heavy atom. The topological polar surface area (TPSA) is 51.8 Å². The number of pyridine rings is 2. The molecule has 0 aliphatic heterocycles. The largest absolute Gasteiger partial charge is 0.384 e. The molecule has 2 heterocycles. The molecule has 0 atom stereocenters. The summed E-state index contributed by atoms with van der Waals surface area (Å²) in [5, 5.41) is 0. The van der Waals surface area contributed by atoms with Crippen LogP contribution in [0.2, 0.25) is 0 Å². The van der Waals surface area contributed by atoms with Gasteiger partial charge < -0.3 is 5.73 Å². The van der Waals surface area contributed by atoms with Gasteiger partial charge in [-0.05, 0) is 43.7 Å². The maximum atomic E-state index is 5.45. The van der Waals surface area contributed by atoms with Gasteiger partial charge in [-0.1, -0.05) is 6.07 Å². The van der Waals surface area contributed by atoms with Crippen molar-refractivity contribution in [3.8, 4) is 0 Å². The first-order valence-corrected chi connectivity index (χ1v) is 4.74. The molecule has 0 aliphatic rings. The molecule has 0 spiro atoms. The fourth-order valence-electron chi connectivity index (χ4n) is 1.19. The van der Waals surface area contributed by atoms with Crippen LogP contribution < -0.4 is 5.73 Å². The van der Waals surface area contributed by atoms with E-state index in [0.717, 1.165) is 5.69 Å². The summed E-state index contributed by atoms with van der Waals surface area (Å²) in [6.45, 7) is 3.94. The molecule has 0 radical (unpaired) electrons. The van der Waals surface area contributed by atoms with Gasteiger partial charge in [0.2, 0.25) is 0 Å². The van der Waals surface area contributed by atoms with Gasteiger partial charge in [-0.2, -0.15) is 0 Å². The van der Waals surface area contributed by atoms with E-state index in [0.29, 0.717) is 5.82 Å². The van der Waals surface area contributed by atoms with E-state index in [9.17, 15) is 0 Å². The molecule has 2 aromatic rings. The second kappa shape index (κ2) is 5.75. The predicted octanol–water partition coefficient (Wildman–Crippen LogP) is 2.36. The van der Waals surface area contributed by atoms with Crippen LogP contribution in [0.1, 0.15) is 11.3 Å². The van der Waals surface area contributed by atoms with E-state index in [4.69, 9.17) is 5.73 Å². The third-order valence-corrected chi connectivity index (χ3v) is 1.68. The Kier molecular flexibility index (Phi) is 4.29. The Morgan fingerprint density at radius 3 is 2.00 bits per heavy atom. The summed E-state index contributed by atoms with van der Waals surface area (Å²) in [6.07, 6.45) is 3.50. The summed E-state index contributed by atoms with van der Waals surface area (Å²) in [5.74, 6) is 0.604. The Labute approximate surface area is 90.0 Å². The number of aromatic nitrogens is 2. The number of hydrogen-bond acceptors (Lipinski definition) is 3. The van der Waals surface area contributed by atoms with Crippen LogP contribution >= 0.6 is 0 Å². The molecule has 0 fully saturated rings. The van der Waals surface area contributed by atoms with Crippen molar-refractivity contribution in [1.29, 1.82) is 0 Å². The van der Waals surface area contributed by atoms with Gasteiger partial charge in [0.15, 0.2) is 0 Å². The zero-order valence-electron chi connectivity index (χ0n) is 9.01. The Bertz CT molecular complexity index is 322. The van der Waals surface area contributed by atoms with Crippen molar-refractivity contribution in [3.05, 3.63) is 54.0 Å². The predicted molar refractivity (Wildman–Crippen MR) is 62.4 cm³/mol. The lowest BCUT2D eigenvalue weighted by Crippen LogP contribution is -1.92. The fraction of sp³-hybridized carbons (Fsp3) is 0.167. The zero-order chi connectivity index (χ0) is 11.1. The van der Waals surface area contributed by atoms with Crippen molar-refractivity contribution in [3.63, 3.8) is 0 Å². The first-order chi connectivity index (χ1) is 7.18. The SMILES string of the molecule is Cc1cc(C)nc(N)c1.c1ccncc1. The van der Waals surface area contributed by atoms with Crippen molar-refractivity contribution >= 4 is 5.82 Å². The van der Waals surface area contributed by atoms with Crippen LogP contribution in [0.15, 0.2) is 42.7 Å². The van der Waals surface area contributed by atoms with Crippen molar-refractivity contribution in [2.75, 3.05) is 5.73 Å². The second-order valence-corrected chi connectivity index (χ2v) is 3.24. The molecule has 0 bridgehead atoms. The minimum Gasteiger partial charge on any atom is -0.384 e. The molecule has 0 aromatic carbocycles. The third kappa shape index (κ3) is 4.76. The van der Waals surface area contributed by atoms with Gasteiger partial charge in [-0.3, -0.25) is 4.98 Å². The molecule has 3 heteroatoms.